The predicted octanol–water partition coefficient (Wildman–Crippen LogP) is 0.541. The topological polar surface area (TPSA) is 49.9 Å². The molecule has 0 bridgehead atoms. The summed E-state index contributed by atoms with van der Waals surface area (Å²) in [7, 11) is 0. The monoisotopic (exact) mass is 150 g/mol. The van der Waals surface area contributed by atoms with Crippen LogP contribution in [-0.2, 0) is 0 Å². The van der Waals surface area contributed by atoms with Gasteiger partial charge in [0.2, 0.25) is 0 Å². The highest BCUT2D eigenvalue weighted by Crippen LogP contribution is 2.13. The van der Waals surface area contributed by atoms with Gasteiger partial charge in [-0.15, -0.1) is 0 Å². The van der Waals surface area contributed by atoms with Gasteiger partial charge in [-0.05, 0) is 6.92 Å². The second kappa shape index (κ2) is 2.64. The third-order valence-electron chi connectivity index (χ3n) is 0.888. The Labute approximate surface area is 60.2 Å². The molecule has 0 aliphatic rings. The number of amidine groups is 1. The zero-order valence-corrected chi connectivity index (χ0v) is 6.47. The molecule has 0 aromatic heterocycles. The molecule has 8 heavy (non-hydrogen) atoms. The molecule has 0 radical (unpaired) electrons. The predicted molar refractivity (Wildman–Crippen MR) is 43.2 cm³/mol. The molecule has 0 saturated heterocycles. The van der Waals surface area contributed by atoms with E-state index in [0.29, 0.717) is 5.75 Å². The summed E-state index contributed by atoms with van der Waals surface area (Å²) in [4.78, 5) is 0. The summed E-state index contributed by atoms with van der Waals surface area (Å²) in [5, 5.41) is 6.95. The van der Waals surface area contributed by atoms with Crippen LogP contribution >= 0.6 is 25.3 Å². The van der Waals surface area contributed by atoms with Crippen molar-refractivity contribution in [3.05, 3.63) is 0 Å². The lowest BCUT2D eigenvalue weighted by atomic mass is 10.2. The Morgan fingerprint density at radius 2 is 2.25 bits per heavy atom. The van der Waals surface area contributed by atoms with Crippen LogP contribution < -0.4 is 5.73 Å². The van der Waals surface area contributed by atoms with E-state index in [1.165, 1.54) is 0 Å². The number of nitrogens with two attached hydrogens (primary N) is 1. The van der Waals surface area contributed by atoms with Gasteiger partial charge in [0.25, 0.3) is 0 Å². The van der Waals surface area contributed by atoms with Crippen LogP contribution in [0.1, 0.15) is 6.92 Å². The number of rotatable bonds is 2. The highest BCUT2D eigenvalue weighted by Gasteiger charge is 2.19. The molecule has 0 aromatic carbocycles. The van der Waals surface area contributed by atoms with Crippen molar-refractivity contribution < 1.29 is 0 Å². The number of nitrogens with one attached hydrogen (secondary N) is 1. The summed E-state index contributed by atoms with van der Waals surface area (Å²) in [6.45, 7) is 1.76. The van der Waals surface area contributed by atoms with Crippen LogP contribution in [0.15, 0.2) is 0 Å². The van der Waals surface area contributed by atoms with Crippen LogP contribution in [0.2, 0.25) is 0 Å². The van der Waals surface area contributed by atoms with Gasteiger partial charge in [0.05, 0.1) is 4.75 Å². The molecule has 1 atom stereocenters. The van der Waals surface area contributed by atoms with E-state index in [-0.39, 0.29) is 5.84 Å². The molecule has 3 N–H and O–H groups in total. The minimum atomic E-state index is -0.539. The second-order valence-electron chi connectivity index (χ2n) is 1.85. The Balaban J connectivity index is 3.91. The van der Waals surface area contributed by atoms with Crippen molar-refractivity contribution in [3.63, 3.8) is 0 Å². The number of hydrogen-bond donors (Lipinski definition) is 4. The van der Waals surface area contributed by atoms with Gasteiger partial charge in [-0.25, -0.2) is 0 Å². The lowest BCUT2D eigenvalue weighted by molar-refractivity contribution is 0.954. The Morgan fingerprint density at radius 3 is 2.25 bits per heavy atom. The van der Waals surface area contributed by atoms with Gasteiger partial charge in [-0.1, -0.05) is 0 Å². The molecule has 1 unspecified atom stereocenters. The van der Waals surface area contributed by atoms with Crippen LogP contribution in [0.4, 0.5) is 0 Å². The van der Waals surface area contributed by atoms with E-state index < -0.39 is 4.75 Å². The fourth-order valence-electron chi connectivity index (χ4n) is 0.0852. The normalized spacial score (nSPS) is 17.4. The smallest absolute Gasteiger partial charge is 0.107 e. The Bertz CT molecular complexity index is 100. The zero-order chi connectivity index (χ0) is 6.78. The first-order chi connectivity index (χ1) is 3.50. The van der Waals surface area contributed by atoms with Crippen molar-refractivity contribution in [3.8, 4) is 0 Å². The average molecular weight is 150 g/mol. The van der Waals surface area contributed by atoms with Gasteiger partial charge >= 0.3 is 0 Å². The van der Waals surface area contributed by atoms with Gasteiger partial charge in [-0.3, -0.25) is 5.41 Å². The lowest BCUT2D eigenvalue weighted by Crippen LogP contribution is -2.36. The highest BCUT2D eigenvalue weighted by atomic mass is 32.1. The number of thiol groups is 2. The van der Waals surface area contributed by atoms with Crippen LogP contribution in [0.3, 0.4) is 0 Å². The van der Waals surface area contributed by atoms with E-state index >= 15 is 0 Å². The minimum Gasteiger partial charge on any atom is -0.386 e. The largest absolute Gasteiger partial charge is 0.386 e. The molecule has 0 saturated carbocycles. The van der Waals surface area contributed by atoms with Crippen molar-refractivity contribution in [1.29, 1.82) is 5.41 Å². The summed E-state index contributed by atoms with van der Waals surface area (Å²) >= 11 is 8.00. The molecule has 48 valence electrons. The Kier molecular flexibility index (Phi) is 2.70. The third kappa shape index (κ3) is 1.96. The zero-order valence-electron chi connectivity index (χ0n) is 4.68. The molecule has 0 aliphatic heterocycles. The second-order valence-corrected chi connectivity index (χ2v) is 3.15. The van der Waals surface area contributed by atoms with Crippen LogP contribution in [-0.4, -0.2) is 16.3 Å². The quantitative estimate of drug-likeness (QED) is 0.259. The van der Waals surface area contributed by atoms with Gasteiger partial charge < -0.3 is 5.73 Å². The summed E-state index contributed by atoms with van der Waals surface area (Å²) in [6.07, 6.45) is 0. The maximum Gasteiger partial charge on any atom is 0.107 e. The molecule has 0 aromatic rings. The van der Waals surface area contributed by atoms with Gasteiger partial charge in [-0.2, -0.15) is 25.3 Å². The summed E-state index contributed by atoms with van der Waals surface area (Å²) < 4.78 is -0.539. The van der Waals surface area contributed by atoms with Crippen molar-refractivity contribution in [1.82, 2.24) is 0 Å². The van der Waals surface area contributed by atoms with Crippen molar-refractivity contribution in [2.45, 2.75) is 11.7 Å². The van der Waals surface area contributed by atoms with E-state index in [9.17, 15) is 0 Å². The molecule has 0 rings (SSSR count). The van der Waals surface area contributed by atoms with Crippen molar-refractivity contribution >= 4 is 31.1 Å². The molecule has 4 heteroatoms. The van der Waals surface area contributed by atoms with E-state index in [2.05, 4.69) is 25.3 Å². The maximum absolute atomic E-state index is 6.95. The Morgan fingerprint density at radius 1 is 1.88 bits per heavy atom. The first kappa shape index (κ1) is 8.17. The summed E-state index contributed by atoms with van der Waals surface area (Å²) in [5.74, 6) is 0.557. The lowest BCUT2D eigenvalue weighted by Gasteiger charge is -2.17. The van der Waals surface area contributed by atoms with E-state index in [1.807, 2.05) is 0 Å². The van der Waals surface area contributed by atoms with Crippen LogP contribution in [0, 0.1) is 5.41 Å². The summed E-state index contributed by atoms with van der Waals surface area (Å²) in [5.41, 5.74) is 5.14. The number of hydrogen-bond acceptors (Lipinski definition) is 3. The average Bonchev–Trinajstić information content (AvgIpc) is 1.67. The minimum absolute atomic E-state index is 0.0656. The van der Waals surface area contributed by atoms with Crippen LogP contribution in [0.5, 0.6) is 0 Å². The first-order valence-corrected chi connectivity index (χ1v) is 3.26. The molecule has 0 heterocycles. The molecule has 0 spiro atoms. The fraction of sp³-hybridized carbons (Fsp3) is 0.750. The first-order valence-electron chi connectivity index (χ1n) is 2.18. The van der Waals surface area contributed by atoms with E-state index in [0.717, 1.165) is 0 Å². The van der Waals surface area contributed by atoms with Crippen molar-refractivity contribution in [2.75, 3.05) is 5.75 Å². The van der Waals surface area contributed by atoms with E-state index in [4.69, 9.17) is 11.1 Å². The van der Waals surface area contributed by atoms with Gasteiger partial charge in [0.1, 0.15) is 5.84 Å². The standard InChI is InChI=1S/C4H10N2S2/c1-4(8,2-7)3(5)6/h7-8H,2H2,1H3,(H3,5,6). The molecule has 0 fully saturated rings. The van der Waals surface area contributed by atoms with Gasteiger partial charge in [0.15, 0.2) is 0 Å². The molecule has 0 aliphatic carbocycles. The maximum atomic E-state index is 6.95. The molecule has 2 nitrogen and oxygen atoms in total. The van der Waals surface area contributed by atoms with Gasteiger partial charge in [0, 0.05) is 5.75 Å². The molecule has 0 amide bonds. The highest BCUT2D eigenvalue weighted by molar-refractivity contribution is 7.86. The van der Waals surface area contributed by atoms with Crippen molar-refractivity contribution in [2.24, 2.45) is 5.73 Å². The summed E-state index contributed by atoms with van der Waals surface area (Å²) in [6, 6.07) is 0. The molecular formula is C4H10N2S2. The SMILES string of the molecule is CC(S)(CS)C(=N)N. The van der Waals surface area contributed by atoms with Crippen LogP contribution in [0.25, 0.3) is 0 Å². The third-order valence-corrected chi connectivity index (χ3v) is 2.17. The van der Waals surface area contributed by atoms with E-state index in [1.54, 1.807) is 6.92 Å². The fourth-order valence-corrected chi connectivity index (χ4v) is 0.256. The Hall–Kier alpha value is 0.170. The molecular weight excluding hydrogens is 140 g/mol.